The number of esters is 1. The van der Waals surface area contributed by atoms with Crippen LogP contribution in [0.3, 0.4) is 0 Å². The van der Waals surface area contributed by atoms with Crippen LogP contribution in [-0.2, 0) is 19.1 Å². The van der Waals surface area contributed by atoms with E-state index in [2.05, 4.69) is 15.4 Å². The van der Waals surface area contributed by atoms with Gasteiger partial charge in [-0.2, -0.15) is 0 Å². The molecule has 0 aromatic rings. The van der Waals surface area contributed by atoms with Crippen molar-refractivity contribution >= 4 is 17.8 Å². The van der Waals surface area contributed by atoms with E-state index in [1.165, 1.54) is 7.11 Å². The number of rotatable bonds is 5. The molecule has 0 saturated carbocycles. The molecule has 1 rings (SSSR count). The maximum Gasteiger partial charge on any atom is 0.326 e. The number of methoxy groups -OCH3 is 1. The van der Waals surface area contributed by atoms with Crippen molar-refractivity contribution in [3.8, 4) is 0 Å². The molecule has 0 unspecified atom stereocenters. The lowest BCUT2D eigenvalue weighted by molar-refractivity contribution is -0.149. The summed E-state index contributed by atoms with van der Waals surface area (Å²) < 4.78 is 4.39. The van der Waals surface area contributed by atoms with Crippen molar-refractivity contribution < 1.29 is 24.2 Å². The average molecular weight is 258 g/mol. The van der Waals surface area contributed by atoms with Gasteiger partial charge in [0, 0.05) is 6.54 Å². The van der Waals surface area contributed by atoms with Gasteiger partial charge < -0.3 is 20.5 Å². The van der Waals surface area contributed by atoms with Gasteiger partial charge in [0.25, 0.3) is 0 Å². The minimum Gasteiger partial charge on any atom is -0.480 e. The second-order valence-corrected chi connectivity index (χ2v) is 4.22. The lowest BCUT2D eigenvalue weighted by atomic mass is 9.98. The van der Waals surface area contributed by atoms with Crippen molar-refractivity contribution in [2.75, 3.05) is 20.2 Å². The monoisotopic (exact) mass is 258 g/mol. The van der Waals surface area contributed by atoms with E-state index in [0.29, 0.717) is 6.54 Å². The van der Waals surface area contributed by atoms with Crippen molar-refractivity contribution in [3.05, 3.63) is 0 Å². The fourth-order valence-electron chi connectivity index (χ4n) is 1.82. The molecule has 18 heavy (non-hydrogen) atoms. The summed E-state index contributed by atoms with van der Waals surface area (Å²) >= 11 is 0. The number of aliphatic carboxylic acids is 1. The van der Waals surface area contributed by atoms with Crippen LogP contribution in [0.1, 0.15) is 19.3 Å². The van der Waals surface area contributed by atoms with E-state index in [-0.39, 0.29) is 18.2 Å². The van der Waals surface area contributed by atoms with E-state index >= 15 is 0 Å². The van der Waals surface area contributed by atoms with E-state index in [1.807, 2.05) is 0 Å². The van der Waals surface area contributed by atoms with Gasteiger partial charge >= 0.3 is 11.9 Å². The zero-order valence-electron chi connectivity index (χ0n) is 10.3. The Balaban J connectivity index is 2.51. The highest BCUT2D eigenvalue weighted by Gasteiger charge is 2.28. The number of piperidine rings is 1. The predicted molar refractivity (Wildman–Crippen MR) is 61.8 cm³/mol. The van der Waals surface area contributed by atoms with Crippen molar-refractivity contribution in [2.24, 2.45) is 5.92 Å². The van der Waals surface area contributed by atoms with Gasteiger partial charge in [0.2, 0.25) is 5.91 Å². The molecule has 0 aliphatic carbocycles. The van der Waals surface area contributed by atoms with Crippen LogP contribution in [0, 0.1) is 5.92 Å². The third kappa shape index (κ3) is 4.33. The zero-order chi connectivity index (χ0) is 13.5. The summed E-state index contributed by atoms with van der Waals surface area (Å²) in [5.74, 6) is -2.47. The molecule has 7 heteroatoms. The summed E-state index contributed by atoms with van der Waals surface area (Å²) in [6.45, 7) is 1.41. The summed E-state index contributed by atoms with van der Waals surface area (Å²) in [7, 11) is 1.17. The molecule has 0 spiro atoms. The van der Waals surface area contributed by atoms with E-state index in [1.54, 1.807) is 0 Å². The van der Waals surface area contributed by atoms with Crippen molar-refractivity contribution in [2.45, 2.75) is 25.3 Å². The SMILES string of the molecule is COC(=O)C[C@H](NC(=O)[C@H]1CCCNC1)C(=O)O. The first kappa shape index (κ1) is 14.4. The van der Waals surface area contributed by atoms with Gasteiger partial charge in [-0.05, 0) is 19.4 Å². The van der Waals surface area contributed by atoms with E-state index < -0.39 is 18.0 Å². The van der Waals surface area contributed by atoms with Gasteiger partial charge in [0.15, 0.2) is 0 Å². The number of hydrogen-bond acceptors (Lipinski definition) is 5. The molecule has 102 valence electrons. The lowest BCUT2D eigenvalue weighted by Gasteiger charge is -2.23. The van der Waals surface area contributed by atoms with Crippen molar-refractivity contribution in [3.63, 3.8) is 0 Å². The number of amides is 1. The third-order valence-corrected chi connectivity index (χ3v) is 2.88. The number of carbonyl (C=O) groups excluding carboxylic acids is 2. The number of ether oxygens (including phenoxy) is 1. The molecule has 3 N–H and O–H groups in total. The summed E-state index contributed by atoms with van der Waals surface area (Å²) in [6.07, 6.45) is 1.24. The normalized spacial score (nSPS) is 20.8. The molecule has 0 aromatic carbocycles. The van der Waals surface area contributed by atoms with E-state index in [9.17, 15) is 14.4 Å². The van der Waals surface area contributed by atoms with Crippen LogP contribution in [0.5, 0.6) is 0 Å². The average Bonchev–Trinajstić information content (AvgIpc) is 2.38. The van der Waals surface area contributed by atoms with E-state index in [0.717, 1.165) is 19.4 Å². The number of carboxylic acid groups (broad SMARTS) is 1. The summed E-state index contributed by atoms with van der Waals surface area (Å²) in [4.78, 5) is 33.8. The Bertz CT molecular complexity index is 325. The van der Waals surface area contributed by atoms with E-state index in [4.69, 9.17) is 5.11 Å². The Morgan fingerprint density at radius 3 is 2.72 bits per heavy atom. The predicted octanol–water partition coefficient (Wildman–Crippen LogP) is -0.881. The minimum absolute atomic E-state index is 0.238. The first-order valence-electron chi connectivity index (χ1n) is 5.85. The summed E-state index contributed by atoms with van der Waals surface area (Å²) in [6, 6.07) is -1.23. The number of carboxylic acids is 1. The van der Waals surface area contributed by atoms with Gasteiger partial charge in [0.05, 0.1) is 19.4 Å². The smallest absolute Gasteiger partial charge is 0.326 e. The maximum absolute atomic E-state index is 11.8. The van der Waals surface area contributed by atoms with Gasteiger partial charge in [-0.1, -0.05) is 0 Å². The molecule has 0 radical (unpaired) electrons. The Hall–Kier alpha value is -1.63. The maximum atomic E-state index is 11.8. The molecule has 2 atom stereocenters. The quantitative estimate of drug-likeness (QED) is 0.553. The number of hydrogen-bond donors (Lipinski definition) is 3. The highest BCUT2D eigenvalue weighted by Crippen LogP contribution is 2.10. The number of carbonyl (C=O) groups is 3. The molecule has 1 aliphatic heterocycles. The minimum atomic E-state index is -1.24. The molecule has 0 bridgehead atoms. The Labute approximate surface area is 105 Å². The molecule has 0 aromatic heterocycles. The molecular formula is C11H18N2O5. The first-order chi connectivity index (χ1) is 8.54. The molecule has 1 heterocycles. The van der Waals surface area contributed by atoms with Gasteiger partial charge in [0.1, 0.15) is 6.04 Å². The second kappa shape index (κ2) is 6.95. The van der Waals surface area contributed by atoms with Crippen LogP contribution in [0.4, 0.5) is 0 Å². The lowest BCUT2D eigenvalue weighted by Crippen LogP contribution is -2.48. The third-order valence-electron chi connectivity index (χ3n) is 2.88. The standard InChI is InChI=1S/C11H18N2O5/c1-18-9(14)5-8(11(16)17)13-10(15)7-3-2-4-12-6-7/h7-8,12H,2-6H2,1H3,(H,13,15)(H,16,17)/t7-,8-/m0/s1. The Morgan fingerprint density at radius 2 is 2.22 bits per heavy atom. The molecule has 1 saturated heterocycles. The van der Waals surface area contributed by atoms with Crippen LogP contribution >= 0.6 is 0 Å². The highest BCUT2D eigenvalue weighted by molar-refractivity contribution is 5.88. The zero-order valence-corrected chi connectivity index (χ0v) is 10.3. The molecule has 7 nitrogen and oxygen atoms in total. The van der Waals surface area contributed by atoms with Crippen LogP contribution in [0.25, 0.3) is 0 Å². The summed E-state index contributed by atoms with van der Waals surface area (Å²) in [5, 5.41) is 14.4. The largest absolute Gasteiger partial charge is 0.480 e. The molecule has 1 fully saturated rings. The van der Waals surface area contributed by atoms with Crippen molar-refractivity contribution in [1.29, 1.82) is 0 Å². The fourth-order valence-corrected chi connectivity index (χ4v) is 1.82. The molecule has 1 aliphatic rings. The van der Waals surface area contributed by atoms with Crippen LogP contribution in [0.2, 0.25) is 0 Å². The Kier molecular flexibility index (Phi) is 5.57. The topological polar surface area (TPSA) is 105 Å². The van der Waals surface area contributed by atoms with Crippen LogP contribution < -0.4 is 10.6 Å². The van der Waals surface area contributed by atoms with Crippen molar-refractivity contribution in [1.82, 2.24) is 10.6 Å². The van der Waals surface area contributed by atoms with Gasteiger partial charge in [-0.15, -0.1) is 0 Å². The highest BCUT2D eigenvalue weighted by atomic mass is 16.5. The molecular weight excluding hydrogens is 240 g/mol. The first-order valence-corrected chi connectivity index (χ1v) is 5.85. The summed E-state index contributed by atoms with van der Waals surface area (Å²) in [5.41, 5.74) is 0. The van der Waals surface area contributed by atoms with Crippen LogP contribution in [-0.4, -0.2) is 49.2 Å². The van der Waals surface area contributed by atoms with Crippen LogP contribution in [0.15, 0.2) is 0 Å². The second-order valence-electron chi connectivity index (χ2n) is 4.22. The molecule has 1 amide bonds. The number of nitrogens with one attached hydrogen (secondary N) is 2. The fraction of sp³-hybridized carbons (Fsp3) is 0.727. The van der Waals surface area contributed by atoms with Gasteiger partial charge in [-0.3, -0.25) is 9.59 Å². The van der Waals surface area contributed by atoms with Gasteiger partial charge in [-0.25, -0.2) is 4.79 Å². The Morgan fingerprint density at radius 1 is 1.50 bits per heavy atom.